The first-order valence-corrected chi connectivity index (χ1v) is 10.1. The summed E-state index contributed by atoms with van der Waals surface area (Å²) in [5, 5.41) is 0. The highest BCUT2D eigenvalue weighted by Crippen LogP contribution is 2.34. The quantitative estimate of drug-likeness (QED) is 0.702. The molecule has 2 aromatic rings. The number of hydrogen-bond acceptors (Lipinski definition) is 6. The molecule has 1 aromatic heterocycles. The third kappa shape index (κ3) is 3.95. The fourth-order valence-electron chi connectivity index (χ4n) is 3.75. The molecule has 158 valence electrons. The molecule has 8 heteroatoms. The Morgan fingerprint density at radius 2 is 1.83 bits per heavy atom. The van der Waals surface area contributed by atoms with E-state index in [1.165, 1.54) is 11.8 Å². The summed E-state index contributed by atoms with van der Waals surface area (Å²) in [4.78, 5) is 42.6. The molecule has 2 aliphatic heterocycles. The number of amides is 2. The van der Waals surface area contributed by atoms with Crippen molar-refractivity contribution in [1.82, 2.24) is 9.80 Å². The van der Waals surface area contributed by atoms with Gasteiger partial charge in [-0.15, -0.1) is 0 Å². The summed E-state index contributed by atoms with van der Waals surface area (Å²) in [6.07, 6.45) is 0. The van der Waals surface area contributed by atoms with Crippen molar-refractivity contribution in [2.45, 2.75) is 20.4 Å². The normalized spacial score (nSPS) is 16.9. The minimum Gasteiger partial charge on any atom is -0.482 e. The van der Waals surface area contributed by atoms with Gasteiger partial charge in [-0.05, 0) is 43.8 Å². The number of benzene rings is 1. The van der Waals surface area contributed by atoms with Gasteiger partial charge in [0.1, 0.15) is 11.5 Å². The number of nitrogens with zero attached hydrogens (tertiary/aromatic N) is 3. The molecule has 1 aromatic carbocycles. The Bertz CT molecular complexity index is 975. The lowest BCUT2D eigenvalue weighted by molar-refractivity contribution is -0.121. The van der Waals surface area contributed by atoms with Crippen LogP contribution in [0.2, 0.25) is 0 Å². The summed E-state index contributed by atoms with van der Waals surface area (Å²) >= 11 is 0. The molecule has 0 radical (unpaired) electrons. The molecule has 3 heterocycles. The van der Waals surface area contributed by atoms with Gasteiger partial charge >= 0.3 is 0 Å². The third-order valence-electron chi connectivity index (χ3n) is 5.60. The van der Waals surface area contributed by atoms with Crippen molar-refractivity contribution in [1.29, 1.82) is 0 Å². The zero-order valence-corrected chi connectivity index (χ0v) is 17.2. The molecule has 0 atom stereocenters. The Hall–Kier alpha value is -3.13. The average Bonchev–Trinajstić information content (AvgIpc) is 3.23. The molecule has 30 heavy (non-hydrogen) atoms. The molecule has 8 nitrogen and oxygen atoms in total. The lowest BCUT2D eigenvalue weighted by atomic mass is 10.1. The highest BCUT2D eigenvalue weighted by atomic mass is 16.5. The van der Waals surface area contributed by atoms with Gasteiger partial charge in [0, 0.05) is 31.7 Å². The summed E-state index contributed by atoms with van der Waals surface area (Å²) in [5.74, 6) is 0.849. The van der Waals surface area contributed by atoms with Crippen LogP contribution in [-0.2, 0) is 11.3 Å². The van der Waals surface area contributed by atoms with E-state index >= 15 is 0 Å². The summed E-state index contributed by atoms with van der Waals surface area (Å²) in [6, 6.07) is 8.39. The van der Waals surface area contributed by atoms with E-state index in [-0.39, 0.29) is 36.5 Å². The first-order valence-electron chi connectivity index (χ1n) is 10.1. The van der Waals surface area contributed by atoms with Crippen molar-refractivity contribution >= 4 is 23.3 Å². The predicted octanol–water partition coefficient (Wildman–Crippen LogP) is 2.19. The number of carbonyl (C=O) groups is 3. The fraction of sp³-hybridized carbons (Fsp3) is 0.409. The SMILES string of the molecule is CCN1CCN(C(=O)c2ccc(CN3C(=O)COc4ccc(C(C)=O)cc43)o2)CC1. The molecule has 2 aliphatic rings. The lowest BCUT2D eigenvalue weighted by Gasteiger charge is -2.33. The smallest absolute Gasteiger partial charge is 0.289 e. The predicted molar refractivity (Wildman–Crippen MR) is 110 cm³/mol. The molecule has 0 spiro atoms. The van der Waals surface area contributed by atoms with Gasteiger partial charge in [0.15, 0.2) is 18.2 Å². The molecule has 0 unspecified atom stereocenters. The first-order chi connectivity index (χ1) is 14.5. The van der Waals surface area contributed by atoms with E-state index in [9.17, 15) is 14.4 Å². The van der Waals surface area contributed by atoms with Gasteiger partial charge in [0.2, 0.25) is 0 Å². The number of piperazine rings is 1. The second-order valence-electron chi connectivity index (χ2n) is 7.50. The first kappa shape index (κ1) is 20.2. The minimum atomic E-state index is -0.233. The largest absolute Gasteiger partial charge is 0.482 e. The topological polar surface area (TPSA) is 83.3 Å². The molecule has 4 rings (SSSR count). The van der Waals surface area contributed by atoms with Crippen molar-refractivity contribution in [2.24, 2.45) is 0 Å². The van der Waals surface area contributed by atoms with Gasteiger partial charge in [-0.2, -0.15) is 0 Å². The number of carbonyl (C=O) groups excluding carboxylic acids is 3. The van der Waals surface area contributed by atoms with Crippen LogP contribution >= 0.6 is 0 Å². The van der Waals surface area contributed by atoms with Crippen LogP contribution in [0.15, 0.2) is 34.7 Å². The van der Waals surface area contributed by atoms with E-state index in [1.807, 2.05) is 0 Å². The van der Waals surface area contributed by atoms with Crippen LogP contribution in [0.3, 0.4) is 0 Å². The van der Waals surface area contributed by atoms with Gasteiger partial charge < -0.3 is 19.0 Å². The zero-order chi connectivity index (χ0) is 21.3. The standard InChI is InChI=1S/C22H25N3O5/c1-3-23-8-10-24(11-9-23)22(28)20-7-5-17(30-20)13-25-18-12-16(15(2)26)4-6-19(18)29-14-21(25)27/h4-7,12H,3,8-11,13-14H2,1-2H3. The van der Waals surface area contributed by atoms with Crippen LogP contribution in [0.25, 0.3) is 0 Å². The maximum atomic E-state index is 12.8. The van der Waals surface area contributed by atoms with Gasteiger partial charge in [-0.1, -0.05) is 6.92 Å². The third-order valence-corrected chi connectivity index (χ3v) is 5.60. The Labute approximate surface area is 175 Å². The van der Waals surface area contributed by atoms with Gasteiger partial charge in [-0.3, -0.25) is 19.3 Å². The Balaban J connectivity index is 1.50. The molecule has 0 bridgehead atoms. The molecular formula is C22H25N3O5. The average molecular weight is 411 g/mol. The molecule has 0 aliphatic carbocycles. The number of anilines is 1. The van der Waals surface area contributed by atoms with Gasteiger partial charge in [-0.25, -0.2) is 0 Å². The maximum Gasteiger partial charge on any atom is 0.289 e. The number of ketones is 1. The van der Waals surface area contributed by atoms with Crippen LogP contribution in [-0.4, -0.2) is 66.7 Å². The number of ether oxygens (including phenoxy) is 1. The highest BCUT2D eigenvalue weighted by Gasteiger charge is 2.28. The van der Waals surface area contributed by atoms with Crippen molar-refractivity contribution < 1.29 is 23.5 Å². The van der Waals surface area contributed by atoms with E-state index in [0.29, 0.717) is 35.9 Å². The number of rotatable bonds is 5. The number of fused-ring (bicyclic) bond motifs is 1. The van der Waals surface area contributed by atoms with Crippen molar-refractivity contribution in [2.75, 3.05) is 44.2 Å². The summed E-state index contributed by atoms with van der Waals surface area (Å²) < 4.78 is 11.3. The molecule has 1 saturated heterocycles. The van der Waals surface area contributed by atoms with Crippen molar-refractivity contribution in [3.8, 4) is 5.75 Å². The van der Waals surface area contributed by atoms with E-state index in [1.54, 1.807) is 35.2 Å². The molecule has 1 fully saturated rings. The summed E-state index contributed by atoms with van der Waals surface area (Å²) in [5.41, 5.74) is 1.03. The number of Topliss-reactive ketones (excluding diaryl/α,β-unsaturated/α-hetero) is 1. The molecule has 0 saturated carbocycles. The lowest BCUT2D eigenvalue weighted by Crippen LogP contribution is -2.48. The Morgan fingerprint density at radius 3 is 2.53 bits per heavy atom. The minimum absolute atomic E-state index is 0.0827. The van der Waals surface area contributed by atoms with Gasteiger partial charge in [0.25, 0.3) is 11.8 Å². The van der Waals surface area contributed by atoms with Gasteiger partial charge in [0.05, 0.1) is 12.2 Å². The number of furan rings is 1. The summed E-state index contributed by atoms with van der Waals surface area (Å²) in [7, 11) is 0. The Kier molecular flexibility index (Phi) is 5.59. The van der Waals surface area contributed by atoms with Crippen LogP contribution in [0.4, 0.5) is 5.69 Å². The van der Waals surface area contributed by atoms with E-state index in [0.717, 1.165) is 19.6 Å². The van der Waals surface area contributed by atoms with Crippen LogP contribution in [0.1, 0.15) is 40.5 Å². The molecular weight excluding hydrogens is 386 g/mol. The van der Waals surface area contributed by atoms with Crippen LogP contribution in [0, 0.1) is 0 Å². The van der Waals surface area contributed by atoms with Crippen molar-refractivity contribution in [3.63, 3.8) is 0 Å². The highest BCUT2D eigenvalue weighted by molar-refractivity contribution is 6.01. The number of hydrogen-bond donors (Lipinski definition) is 0. The van der Waals surface area contributed by atoms with Crippen molar-refractivity contribution in [3.05, 3.63) is 47.4 Å². The van der Waals surface area contributed by atoms with Crippen LogP contribution in [0.5, 0.6) is 5.75 Å². The second-order valence-corrected chi connectivity index (χ2v) is 7.50. The molecule has 2 amide bonds. The number of likely N-dealkylation sites (N-methyl/N-ethyl adjacent to an activating group) is 1. The van der Waals surface area contributed by atoms with Crippen LogP contribution < -0.4 is 9.64 Å². The maximum absolute atomic E-state index is 12.8. The fourth-order valence-corrected chi connectivity index (χ4v) is 3.75. The summed E-state index contributed by atoms with van der Waals surface area (Å²) in [6.45, 7) is 7.70. The monoisotopic (exact) mass is 411 g/mol. The van der Waals surface area contributed by atoms with E-state index in [2.05, 4.69) is 11.8 Å². The van der Waals surface area contributed by atoms with E-state index in [4.69, 9.17) is 9.15 Å². The zero-order valence-electron chi connectivity index (χ0n) is 17.2. The van der Waals surface area contributed by atoms with E-state index < -0.39 is 0 Å². The molecule has 0 N–H and O–H groups in total. The Morgan fingerprint density at radius 1 is 1.07 bits per heavy atom. The second kappa shape index (κ2) is 8.31.